The van der Waals surface area contributed by atoms with Crippen LogP contribution < -0.4 is 14.8 Å². The SMILES string of the molecule is O=C(CN1CCC(n2cncn2)CC1)Nc1cc2c(cc1Cl)OCCCO2. The molecule has 1 saturated heterocycles. The Morgan fingerprint density at radius 1 is 1.22 bits per heavy atom. The smallest absolute Gasteiger partial charge is 0.238 e. The van der Waals surface area contributed by atoms with E-state index in [1.165, 1.54) is 0 Å². The first-order valence-electron chi connectivity index (χ1n) is 9.14. The molecule has 0 bridgehead atoms. The fraction of sp³-hybridized carbons (Fsp3) is 0.500. The minimum atomic E-state index is -0.0920. The molecule has 0 radical (unpaired) electrons. The fourth-order valence-electron chi connectivity index (χ4n) is 3.42. The summed E-state index contributed by atoms with van der Waals surface area (Å²) in [5.74, 6) is 1.14. The average molecular weight is 392 g/mol. The first kappa shape index (κ1) is 18.1. The van der Waals surface area contributed by atoms with Gasteiger partial charge in [0.1, 0.15) is 12.7 Å². The van der Waals surface area contributed by atoms with Crippen LogP contribution in [0, 0.1) is 0 Å². The van der Waals surface area contributed by atoms with E-state index in [1.807, 2.05) is 4.68 Å². The van der Waals surface area contributed by atoms with Crippen LogP contribution in [-0.2, 0) is 4.79 Å². The number of halogens is 1. The first-order chi connectivity index (χ1) is 13.2. The number of fused-ring (bicyclic) bond motifs is 1. The lowest BCUT2D eigenvalue weighted by molar-refractivity contribution is -0.117. The summed E-state index contributed by atoms with van der Waals surface area (Å²) in [6.45, 7) is 3.19. The van der Waals surface area contributed by atoms with Crippen molar-refractivity contribution in [1.82, 2.24) is 19.7 Å². The number of aromatic nitrogens is 3. The van der Waals surface area contributed by atoms with E-state index in [-0.39, 0.29) is 5.91 Å². The summed E-state index contributed by atoms with van der Waals surface area (Å²) in [6, 6.07) is 3.78. The second-order valence-electron chi connectivity index (χ2n) is 6.76. The zero-order valence-electron chi connectivity index (χ0n) is 14.9. The van der Waals surface area contributed by atoms with Crippen molar-refractivity contribution >= 4 is 23.2 Å². The molecule has 0 atom stereocenters. The van der Waals surface area contributed by atoms with E-state index in [1.54, 1.807) is 24.8 Å². The fourth-order valence-corrected chi connectivity index (χ4v) is 3.62. The Morgan fingerprint density at radius 2 is 1.96 bits per heavy atom. The van der Waals surface area contributed by atoms with Gasteiger partial charge in [-0.15, -0.1) is 0 Å². The molecule has 1 aromatic carbocycles. The van der Waals surface area contributed by atoms with Gasteiger partial charge in [-0.05, 0) is 12.8 Å². The Bertz CT molecular complexity index is 791. The van der Waals surface area contributed by atoms with Crippen molar-refractivity contribution in [2.75, 3.05) is 38.2 Å². The standard InChI is InChI=1S/C18H22ClN5O3/c19-14-8-16-17(27-7-1-6-26-16)9-15(14)22-18(25)10-23-4-2-13(3-5-23)24-12-20-11-21-24/h8-9,11-13H,1-7,10H2,(H,22,25). The van der Waals surface area contributed by atoms with E-state index in [9.17, 15) is 4.79 Å². The van der Waals surface area contributed by atoms with Gasteiger partial charge < -0.3 is 14.8 Å². The second kappa shape index (κ2) is 8.14. The van der Waals surface area contributed by atoms with Gasteiger partial charge in [0.15, 0.2) is 11.5 Å². The van der Waals surface area contributed by atoms with Crippen LogP contribution in [0.15, 0.2) is 24.8 Å². The van der Waals surface area contributed by atoms with Gasteiger partial charge in [0.25, 0.3) is 0 Å². The molecule has 0 unspecified atom stereocenters. The summed E-state index contributed by atoms with van der Waals surface area (Å²) in [5.41, 5.74) is 0.545. The van der Waals surface area contributed by atoms with E-state index in [0.717, 1.165) is 32.4 Å². The number of likely N-dealkylation sites (tertiary alicyclic amines) is 1. The molecule has 2 aromatic rings. The number of hydrogen-bond donors (Lipinski definition) is 1. The maximum Gasteiger partial charge on any atom is 0.238 e. The first-order valence-corrected chi connectivity index (χ1v) is 9.52. The van der Waals surface area contributed by atoms with Crippen LogP contribution in [0.5, 0.6) is 11.5 Å². The molecule has 1 amide bonds. The Balaban J connectivity index is 1.33. The van der Waals surface area contributed by atoms with Crippen molar-refractivity contribution in [1.29, 1.82) is 0 Å². The molecule has 144 valence electrons. The number of amides is 1. The summed E-state index contributed by atoms with van der Waals surface area (Å²) >= 11 is 6.30. The largest absolute Gasteiger partial charge is 0.490 e. The molecule has 1 N–H and O–H groups in total. The molecule has 0 aliphatic carbocycles. The third-order valence-electron chi connectivity index (χ3n) is 4.85. The van der Waals surface area contributed by atoms with Crippen molar-refractivity contribution in [3.8, 4) is 11.5 Å². The van der Waals surface area contributed by atoms with Gasteiger partial charge in [-0.25, -0.2) is 9.67 Å². The molecule has 4 rings (SSSR count). The zero-order valence-corrected chi connectivity index (χ0v) is 15.7. The summed E-state index contributed by atoms with van der Waals surface area (Å²) in [5, 5.41) is 7.54. The van der Waals surface area contributed by atoms with E-state index in [4.69, 9.17) is 21.1 Å². The summed E-state index contributed by atoms with van der Waals surface area (Å²) in [6.07, 6.45) is 6.01. The average Bonchev–Trinajstić information content (AvgIpc) is 3.10. The predicted octanol–water partition coefficient (Wildman–Crippen LogP) is 2.37. The summed E-state index contributed by atoms with van der Waals surface area (Å²) < 4.78 is 13.2. The maximum atomic E-state index is 12.5. The number of nitrogens with one attached hydrogen (secondary N) is 1. The van der Waals surface area contributed by atoms with E-state index < -0.39 is 0 Å². The minimum absolute atomic E-state index is 0.0920. The Kier molecular flexibility index (Phi) is 5.45. The molecule has 0 spiro atoms. The third-order valence-corrected chi connectivity index (χ3v) is 5.16. The number of benzene rings is 1. The van der Waals surface area contributed by atoms with Gasteiger partial charge >= 0.3 is 0 Å². The highest BCUT2D eigenvalue weighted by Gasteiger charge is 2.23. The number of rotatable bonds is 4. The molecule has 3 heterocycles. The number of ether oxygens (including phenoxy) is 2. The topological polar surface area (TPSA) is 81.5 Å². The number of nitrogens with zero attached hydrogens (tertiary/aromatic N) is 4. The number of piperidine rings is 1. The van der Waals surface area contributed by atoms with Gasteiger partial charge in [-0.2, -0.15) is 5.10 Å². The predicted molar refractivity (Wildman–Crippen MR) is 100 cm³/mol. The van der Waals surface area contributed by atoms with Gasteiger partial charge in [0.2, 0.25) is 5.91 Å². The van der Waals surface area contributed by atoms with E-state index in [2.05, 4.69) is 20.3 Å². The highest BCUT2D eigenvalue weighted by molar-refractivity contribution is 6.34. The monoisotopic (exact) mass is 391 g/mol. The molecule has 2 aliphatic rings. The van der Waals surface area contributed by atoms with Crippen LogP contribution in [0.3, 0.4) is 0 Å². The number of carbonyl (C=O) groups excluding carboxylic acids is 1. The van der Waals surface area contributed by atoms with Crippen molar-refractivity contribution in [2.24, 2.45) is 0 Å². The maximum absolute atomic E-state index is 12.5. The molecular formula is C18H22ClN5O3. The molecule has 9 heteroatoms. The Hall–Kier alpha value is -2.32. The van der Waals surface area contributed by atoms with Crippen molar-refractivity contribution in [3.63, 3.8) is 0 Å². The highest BCUT2D eigenvalue weighted by Crippen LogP contribution is 2.37. The van der Waals surface area contributed by atoms with Crippen LogP contribution in [0.4, 0.5) is 5.69 Å². The molecule has 0 saturated carbocycles. The van der Waals surface area contributed by atoms with Crippen LogP contribution in [0.2, 0.25) is 5.02 Å². The molecule has 27 heavy (non-hydrogen) atoms. The second-order valence-corrected chi connectivity index (χ2v) is 7.17. The molecule has 8 nitrogen and oxygen atoms in total. The molecule has 1 fully saturated rings. The molecular weight excluding hydrogens is 370 g/mol. The van der Waals surface area contributed by atoms with Gasteiger partial charge in [0, 0.05) is 31.6 Å². The quantitative estimate of drug-likeness (QED) is 0.861. The van der Waals surface area contributed by atoms with E-state index in [0.29, 0.717) is 48.0 Å². The van der Waals surface area contributed by atoms with Crippen LogP contribution in [-0.4, -0.2) is 58.4 Å². The highest BCUT2D eigenvalue weighted by atomic mass is 35.5. The summed E-state index contributed by atoms with van der Waals surface area (Å²) in [4.78, 5) is 18.6. The van der Waals surface area contributed by atoms with Gasteiger partial charge in [-0.3, -0.25) is 9.69 Å². The normalized spacial score (nSPS) is 18.1. The Labute approximate surface area is 162 Å². The lowest BCUT2D eigenvalue weighted by Crippen LogP contribution is -2.39. The van der Waals surface area contributed by atoms with Gasteiger partial charge in [-0.1, -0.05) is 11.6 Å². The van der Waals surface area contributed by atoms with Gasteiger partial charge in [0.05, 0.1) is 36.5 Å². The van der Waals surface area contributed by atoms with Crippen LogP contribution in [0.1, 0.15) is 25.3 Å². The number of anilines is 1. The molecule has 2 aliphatic heterocycles. The van der Waals surface area contributed by atoms with Crippen LogP contribution in [0.25, 0.3) is 0 Å². The van der Waals surface area contributed by atoms with Crippen LogP contribution >= 0.6 is 11.6 Å². The van der Waals surface area contributed by atoms with E-state index >= 15 is 0 Å². The van der Waals surface area contributed by atoms with Crippen molar-refractivity contribution < 1.29 is 14.3 Å². The van der Waals surface area contributed by atoms with Crippen molar-refractivity contribution in [2.45, 2.75) is 25.3 Å². The zero-order chi connectivity index (χ0) is 18.6. The lowest BCUT2D eigenvalue weighted by Gasteiger charge is -2.31. The number of carbonyl (C=O) groups is 1. The lowest BCUT2D eigenvalue weighted by atomic mass is 10.1. The van der Waals surface area contributed by atoms with Crippen molar-refractivity contribution in [3.05, 3.63) is 29.8 Å². The molecule has 1 aromatic heterocycles. The Morgan fingerprint density at radius 3 is 2.67 bits per heavy atom. The minimum Gasteiger partial charge on any atom is -0.490 e. The summed E-state index contributed by atoms with van der Waals surface area (Å²) in [7, 11) is 0. The third kappa shape index (κ3) is 4.33. The number of hydrogen-bond acceptors (Lipinski definition) is 6.